The number of nitrogens with one attached hydrogen (secondary N) is 1. The molecule has 0 bridgehead atoms. The predicted octanol–water partition coefficient (Wildman–Crippen LogP) is 2.58. The molecule has 84 valence electrons. The fourth-order valence-corrected chi connectivity index (χ4v) is 2.25. The molecule has 0 aromatic carbocycles. The molecule has 1 rings (SSSR count). The lowest BCUT2D eigenvalue weighted by molar-refractivity contribution is 0.175. The van der Waals surface area contributed by atoms with Crippen molar-refractivity contribution in [2.75, 3.05) is 19.8 Å². The third kappa shape index (κ3) is 3.97. The maximum absolute atomic E-state index is 5.45. The fourth-order valence-electron chi connectivity index (χ4n) is 2.25. The summed E-state index contributed by atoms with van der Waals surface area (Å²) in [6.45, 7) is 7.50. The largest absolute Gasteiger partial charge is 0.381 e. The lowest BCUT2D eigenvalue weighted by Crippen LogP contribution is -2.36. The molecule has 0 amide bonds. The summed E-state index contributed by atoms with van der Waals surface area (Å²) in [5.74, 6) is 0.770. The summed E-state index contributed by atoms with van der Waals surface area (Å²) < 4.78 is 5.45. The van der Waals surface area contributed by atoms with E-state index < -0.39 is 0 Å². The van der Waals surface area contributed by atoms with E-state index in [-0.39, 0.29) is 0 Å². The predicted molar refractivity (Wildman–Crippen MR) is 60.5 cm³/mol. The van der Waals surface area contributed by atoms with Gasteiger partial charge < -0.3 is 10.1 Å². The van der Waals surface area contributed by atoms with Crippen LogP contribution < -0.4 is 5.32 Å². The molecule has 0 aromatic rings. The van der Waals surface area contributed by atoms with E-state index >= 15 is 0 Å². The van der Waals surface area contributed by atoms with E-state index in [1.54, 1.807) is 0 Å². The van der Waals surface area contributed by atoms with E-state index in [1.165, 1.54) is 32.1 Å². The van der Waals surface area contributed by atoms with Crippen LogP contribution in [0.5, 0.6) is 0 Å². The molecule has 2 atom stereocenters. The average Bonchev–Trinajstić information content (AvgIpc) is 2.70. The lowest BCUT2D eigenvalue weighted by atomic mass is 9.94. The van der Waals surface area contributed by atoms with Gasteiger partial charge in [-0.15, -0.1) is 0 Å². The fraction of sp³-hybridized carbons (Fsp3) is 1.00. The van der Waals surface area contributed by atoms with E-state index in [0.717, 1.165) is 25.7 Å². The highest BCUT2D eigenvalue weighted by atomic mass is 16.5. The van der Waals surface area contributed by atoms with Crippen molar-refractivity contribution in [3.8, 4) is 0 Å². The summed E-state index contributed by atoms with van der Waals surface area (Å²) in [5, 5.41) is 3.60. The van der Waals surface area contributed by atoms with Crippen LogP contribution in [0.4, 0.5) is 0 Å². The lowest BCUT2D eigenvalue weighted by Gasteiger charge is -2.23. The minimum atomic E-state index is 0.703. The van der Waals surface area contributed by atoms with Crippen LogP contribution in [0.2, 0.25) is 0 Å². The summed E-state index contributed by atoms with van der Waals surface area (Å²) in [4.78, 5) is 0. The summed E-state index contributed by atoms with van der Waals surface area (Å²) in [7, 11) is 0. The van der Waals surface area contributed by atoms with Gasteiger partial charge in [-0.05, 0) is 25.3 Å². The molecule has 1 aliphatic heterocycles. The molecule has 2 heteroatoms. The molecule has 1 aliphatic rings. The molecule has 0 aromatic heterocycles. The molecular formula is C12H25NO. The molecule has 2 unspecified atom stereocenters. The highest BCUT2D eigenvalue weighted by Crippen LogP contribution is 2.20. The number of hydrogen-bond acceptors (Lipinski definition) is 2. The van der Waals surface area contributed by atoms with Gasteiger partial charge in [0.25, 0.3) is 0 Å². The zero-order valence-corrected chi connectivity index (χ0v) is 9.72. The molecular weight excluding hydrogens is 174 g/mol. The van der Waals surface area contributed by atoms with Gasteiger partial charge in [-0.3, -0.25) is 0 Å². The van der Waals surface area contributed by atoms with Gasteiger partial charge in [0.15, 0.2) is 0 Å². The van der Waals surface area contributed by atoms with Crippen molar-refractivity contribution < 1.29 is 4.74 Å². The Morgan fingerprint density at radius 2 is 2.21 bits per heavy atom. The zero-order valence-electron chi connectivity index (χ0n) is 9.72. The van der Waals surface area contributed by atoms with Gasteiger partial charge in [-0.2, -0.15) is 0 Å². The Morgan fingerprint density at radius 3 is 2.79 bits per heavy atom. The quantitative estimate of drug-likeness (QED) is 0.636. The van der Waals surface area contributed by atoms with Crippen molar-refractivity contribution in [1.29, 1.82) is 0 Å². The van der Waals surface area contributed by atoms with Crippen molar-refractivity contribution in [1.82, 2.24) is 5.32 Å². The summed E-state index contributed by atoms with van der Waals surface area (Å²) in [6.07, 6.45) is 6.64. The van der Waals surface area contributed by atoms with Gasteiger partial charge in [0, 0.05) is 12.6 Å². The van der Waals surface area contributed by atoms with Crippen LogP contribution in [0.1, 0.15) is 46.0 Å². The molecule has 0 radical (unpaired) electrons. The minimum absolute atomic E-state index is 0.703. The summed E-state index contributed by atoms with van der Waals surface area (Å²) >= 11 is 0. The van der Waals surface area contributed by atoms with E-state index in [2.05, 4.69) is 19.2 Å². The Bertz CT molecular complexity index is 132. The van der Waals surface area contributed by atoms with Gasteiger partial charge in [0.05, 0.1) is 6.61 Å². The average molecular weight is 199 g/mol. The second-order valence-corrected chi connectivity index (χ2v) is 4.28. The molecule has 1 fully saturated rings. The molecule has 0 spiro atoms. The maximum atomic E-state index is 5.45. The topological polar surface area (TPSA) is 21.3 Å². The molecule has 1 heterocycles. The SMILES string of the molecule is CCCCCC(NCC)C1CCOC1. The van der Waals surface area contributed by atoms with E-state index in [0.29, 0.717) is 6.04 Å². The van der Waals surface area contributed by atoms with Crippen molar-refractivity contribution in [2.45, 2.75) is 52.0 Å². The Hall–Kier alpha value is -0.0800. The van der Waals surface area contributed by atoms with Gasteiger partial charge >= 0.3 is 0 Å². The molecule has 1 saturated heterocycles. The Labute approximate surface area is 88.4 Å². The Kier molecular flexibility index (Phi) is 6.20. The second kappa shape index (κ2) is 7.24. The highest BCUT2D eigenvalue weighted by Gasteiger charge is 2.24. The first kappa shape index (κ1) is 12.0. The number of ether oxygens (including phenoxy) is 1. The van der Waals surface area contributed by atoms with Crippen LogP contribution in [-0.4, -0.2) is 25.8 Å². The van der Waals surface area contributed by atoms with Crippen LogP contribution in [0, 0.1) is 5.92 Å². The minimum Gasteiger partial charge on any atom is -0.381 e. The zero-order chi connectivity index (χ0) is 10.2. The molecule has 2 nitrogen and oxygen atoms in total. The Morgan fingerprint density at radius 1 is 1.36 bits per heavy atom. The standard InChI is InChI=1S/C12H25NO/c1-3-5-6-7-12(13-4-2)11-8-9-14-10-11/h11-13H,3-10H2,1-2H3. The van der Waals surface area contributed by atoms with Gasteiger partial charge in [-0.25, -0.2) is 0 Å². The van der Waals surface area contributed by atoms with Gasteiger partial charge in [0.2, 0.25) is 0 Å². The molecule has 0 saturated carbocycles. The molecule has 14 heavy (non-hydrogen) atoms. The van der Waals surface area contributed by atoms with Gasteiger partial charge in [0.1, 0.15) is 0 Å². The third-order valence-corrected chi connectivity index (χ3v) is 3.12. The van der Waals surface area contributed by atoms with Crippen LogP contribution in [0.15, 0.2) is 0 Å². The maximum Gasteiger partial charge on any atom is 0.0510 e. The summed E-state index contributed by atoms with van der Waals surface area (Å²) in [6, 6.07) is 0.703. The van der Waals surface area contributed by atoms with Crippen LogP contribution in [0.3, 0.4) is 0 Å². The van der Waals surface area contributed by atoms with Crippen LogP contribution >= 0.6 is 0 Å². The smallest absolute Gasteiger partial charge is 0.0510 e. The number of unbranched alkanes of at least 4 members (excludes halogenated alkanes) is 2. The normalized spacial score (nSPS) is 24.0. The van der Waals surface area contributed by atoms with Crippen molar-refractivity contribution in [2.24, 2.45) is 5.92 Å². The number of rotatable bonds is 7. The number of hydrogen-bond donors (Lipinski definition) is 1. The van der Waals surface area contributed by atoms with E-state index in [1.807, 2.05) is 0 Å². The van der Waals surface area contributed by atoms with Crippen LogP contribution in [-0.2, 0) is 4.74 Å². The molecule has 0 aliphatic carbocycles. The first-order chi connectivity index (χ1) is 6.88. The molecule has 1 N–H and O–H groups in total. The highest BCUT2D eigenvalue weighted by molar-refractivity contribution is 4.78. The van der Waals surface area contributed by atoms with Gasteiger partial charge in [-0.1, -0.05) is 33.1 Å². The monoisotopic (exact) mass is 199 g/mol. The first-order valence-corrected chi connectivity index (χ1v) is 6.19. The van der Waals surface area contributed by atoms with Crippen LogP contribution in [0.25, 0.3) is 0 Å². The van der Waals surface area contributed by atoms with E-state index in [9.17, 15) is 0 Å². The third-order valence-electron chi connectivity index (χ3n) is 3.12. The van der Waals surface area contributed by atoms with Crippen molar-refractivity contribution in [3.05, 3.63) is 0 Å². The first-order valence-electron chi connectivity index (χ1n) is 6.19. The van der Waals surface area contributed by atoms with Crippen molar-refractivity contribution in [3.63, 3.8) is 0 Å². The van der Waals surface area contributed by atoms with Crippen molar-refractivity contribution >= 4 is 0 Å². The second-order valence-electron chi connectivity index (χ2n) is 4.28. The summed E-state index contributed by atoms with van der Waals surface area (Å²) in [5.41, 5.74) is 0. The van der Waals surface area contributed by atoms with E-state index in [4.69, 9.17) is 4.74 Å². The Balaban J connectivity index is 2.22.